The third kappa shape index (κ3) is 3.57. The third-order valence-electron chi connectivity index (χ3n) is 3.25. The van der Waals surface area contributed by atoms with Crippen LogP contribution >= 0.6 is 0 Å². The summed E-state index contributed by atoms with van der Waals surface area (Å²) in [5, 5.41) is 17.3. The fourth-order valence-electron chi connectivity index (χ4n) is 2.31. The van der Waals surface area contributed by atoms with E-state index in [0.717, 1.165) is 19.4 Å². The van der Waals surface area contributed by atoms with Crippen molar-refractivity contribution >= 4 is 17.3 Å². The van der Waals surface area contributed by atoms with Crippen LogP contribution in [0.4, 0.5) is 17.3 Å². The second kappa shape index (κ2) is 6.51. The summed E-state index contributed by atoms with van der Waals surface area (Å²) in [7, 11) is 0. The van der Waals surface area contributed by atoms with Crippen LogP contribution < -0.4 is 10.6 Å². The first-order valence-corrected chi connectivity index (χ1v) is 6.87. The van der Waals surface area contributed by atoms with E-state index in [1.807, 2.05) is 13.8 Å². The number of hydrogen-bond donors (Lipinski definition) is 2. The molecule has 1 saturated heterocycles. The molecule has 0 saturated carbocycles. The summed E-state index contributed by atoms with van der Waals surface area (Å²) < 4.78 is 5.48. The minimum atomic E-state index is -0.409. The van der Waals surface area contributed by atoms with Gasteiger partial charge >= 0.3 is 5.69 Å². The highest BCUT2D eigenvalue weighted by molar-refractivity contribution is 5.60. The zero-order valence-electron chi connectivity index (χ0n) is 11.8. The fourth-order valence-corrected chi connectivity index (χ4v) is 2.31. The highest BCUT2D eigenvalue weighted by Gasteiger charge is 2.23. The molecule has 0 aromatic carbocycles. The smallest absolute Gasteiger partial charge is 0.311 e. The molecule has 1 aliphatic rings. The second-order valence-electron chi connectivity index (χ2n) is 4.90. The van der Waals surface area contributed by atoms with Gasteiger partial charge in [0.15, 0.2) is 0 Å². The van der Waals surface area contributed by atoms with E-state index in [9.17, 15) is 10.1 Å². The van der Waals surface area contributed by atoms with Crippen molar-refractivity contribution in [1.82, 2.24) is 4.98 Å². The Labute approximate surface area is 117 Å². The predicted octanol–water partition coefficient (Wildman–Crippen LogP) is 2.40. The van der Waals surface area contributed by atoms with Gasteiger partial charge in [0.2, 0.25) is 5.82 Å². The monoisotopic (exact) mass is 280 g/mol. The van der Waals surface area contributed by atoms with E-state index in [1.165, 1.54) is 6.07 Å². The molecular formula is C13H20N4O3. The van der Waals surface area contributed by atoms with Gasteiger partial charge in [-0.3, -0.25) is 10.1 Å². The van der Waals surface area contributed by atoms with Crippen LogP contribution in [0.25, 0.3) is 0 Å². The molecule has 110 valence electrons. The van der Waals surface area contributed by atoms with Crippen LogP contribution in [0.2, 0.25) is 0 Å². The number of nitrogens with zero attached hydrogens (tertiary/aromatic N) is 2. The average Bonchev–Trinajstić information content (AvgIpc) is 2.39. The lowest BCUT2D eigenvalue weighted by Crippen LogP contribution is -2.33. The van der Waals surface area contributed by atoms with E-state index < -0.39 is 4.92 Å². The number of anilines is 2. The van der Waals surface area contributed by atoms with Crippen molar-refractivity contribution in [3.63, 3.8) is 0 Å². The minimum absolute atomic E-state index is 0.00537. The van der Waals surface area contributed by atoms with Crippen LogP contribution in [0.3, 0.4) is 0 Å². The number of nitrogens with one attached hydrogen (secondary N) is 2. The van der Waals surface area contributed by atoms with Crippen LogP contribution in [0.15, 0.2) is 12.1 Å². The van der Waals surface area contributed by atoms with Crippen molar-refractivity contribution in [3.8, 4) is 0 Å². The largest absolute Gasteiger partial charge is 0.378 e. The summed E-state index contributed by atoms with van der Waals surface area (Å²) >= 11 is 0. The number of nitro groups is 1. The van der Waals surface area contributed by atoms with Gasteiger partial charge in [-0.25, -0.2) is 4.98 Å². The van der Waals surface area contributed by atoms with Gasteiger partial charge in [-0.2, -0.15) is 0 Å². The molecule has 2 N–H and O–H groups in total. The number of pyridine rings is 1. The molecule has 0 radical (unpaired) electrons. The minimum Gasteiger partial charge on any atom is -0.378 e. The zero-order valence-corrected chi connectivity index (χ0v) is 11.8. The van der Waals surface area contributed by atoms with Crippen LogP contribution in [-0.4, -0.2) is 35.2 Å². The first-order valence-electron chi connectivity index (χ1n) is 6.87. The Kier molecular flexibility index (Phi) is 4.73. The summed E-state index contributed by atoms with van der Waals surface area (Å²) in [5.41, 5.74) is 0.00537. The van der Waals surface area contributed by atoms with Crippen molar-refractivity contribution in [2.24, 2.45) is 0 Å². The Bertz CT molecular complexity index is 481. The van der Waals surface area contributed by atoms with Crippen LogP contribution in [0, 0.1) is 10.1 Å². The molecule has 2 atom stereocenters. The Morgan fingerprint density at radius 3 is 3.00 bits per heavy atom. The molecule has 2 heterocycles. The van der Waals surface area contributed by atoms with Crippen LogP contribution in [-0.2, 0) is 4.74 Å². The van der Waals surface area contributed by atoms with Gasteiger partial charge in [0.1, 0.15) is 5.82 Å². The normalized spacial score (nSPS) is 22.3. The van der Waals surface area contributed by atoms with Crippen molar-refractivity contribution in [3.05, 3.63) is 22.2 Å². The fraction of sp³-hybridized carbons (Fsp3) is 0.615. The predicted molar refractivity (Wildman–Crippen MR) is 77.1 cm³/mol. The van der Waals surface area contributed by atoms with Gasteiger partial charge in [0.05, 0.1) is 11.0 Å². The molecule has 1 aromatic rings. The van der Waals surface area contributed by atoms with E-state index in [0.29, 0.717) is 18.2 Å². The molecular weight excluding hydrogens is 260 g/mol. The number of rotatable bonds is 5. The van der Waals surface area contributed by atoms with Gasteiger partial charge in [-0.15, -0.1) is 0 Å². The summed E-state index contributed by atoms with van der Waals surface area (Å²) in [6.07, 6.45) is 1.82. The van der Waals surface area contributed by atoms with Crippen LogP contribution in [0.1, 0.15) is 26.7 Å². The van der Waals surface area contributed by atoms with Crippen LogP contribution in [0.5, 0.6) is 0 Å². The lowest BCUT2D eigenvalue weighted by atomic mass is 10.0. The average molecular weight is 280 g/mol. The molecule has 0 bridgehead atoms. The molecule has 1 aromatic heterocycles. The number of hydrogen-bond acceptors (Lipinski definition) is 6. The maximum Gasteiger partial charge on any atom is 0.311 e. The van der Waals surface area contributed by atoms with E-state index in [1.54, 1.807) is 6.07 Å². The summed E-state index contributed by atoms with van der Waals surface area (Å²) in [4.78, 5) is 15.0. The van der Waals surface area contributed by atoms with Crippen molar-refractivity contribution in [2.75, 3.05) is 23.8 Å². The Morgan fingerprint density at radius 2 is 2.35 bits per heavy atom. The standard InChI is InChI=1S/C13H20N4O3/c1-3-14-12-5-4-11(17(18)19)13(16-12)15-10-6-7-20-9(2)8-10/h4-5,9-10H,3,6-8H2,1-2H3,(H2,14,15,16). The highest BCUT2D eigenvalue weighted by atomic mass is 16.6. The van der Waals surface area contributed by atoms with E-state index in [-0.39, 0.29) is 17.8 Å². The maximum absolute atomic E-state index is 11.1. The molecule has 20 heavy (non-hydrogen) atoms. The first kappa shape index (κ1) is 14.5. The lowest BCUT2D eigenvalue weighted by molar-refractivity contribution is -0.384. The van der Waals surface area contributed by atoms with Gasteiger partial charge in [-0.05, 0) is 32.8 Å². The Morgan fingerprint density at radius 1 is 1.55 bits per heavy atom. The van der Waals surface area contributed by atoms with Crippen molar-refractivity contribution < 1.29 is 9.66 Å². The molecule has 7 nitrogen and oxygen atoms in total. The molecule has 1 aliphatic heterocycles. The van der Waals surface area contributed by atoms with E-state index >= 15 is 0 Å². The molecule has 2 unspecified atom stereocenters. The summed E-state index contributed by atoms with van der Waals surface area (Å²) in [6, 6.07) is 3.26. The lowest BCUT2D eigenvalue weighted by Gasteiger charge is -2.28. The van der Waals surface area contributed by atoms with Gasteiger partial charge in [0, 0.05) is 25.3 Å². The number of aromatic nitrogens is 1. The summed E-state index contributed by atoms with van der Waals surface area (Å²) in [6.45, 7) is 5.35. The first-order chi connectivity index (χ1) is 9.60. The number of ether oxygens (including phenoxy) is 1. The SMILES string of the molecule is CCNc1ccc([N+](=O)[O-])c(NC2CCOC(C)C2)n1. The molecule has 7 heteroatoms. The highest BCUT2D eigenvalue weighted by Crippen LogP contribution is 2.27. The molecule has 0 spiro atoms. The molecule has 0 amide bonds. The second-order valence-corrected chi connectivity index (χ2v) is 4.90. The Balaban J connectivity index is 2.18. The van der Waals surface area contributed by atoms with Gasteiger partial charge in [-0.1, -0.05) is 0 Å². The van der Waals surface area contributed by atoms with E-state index in [4.69, 9.17) is 4.74 Å². The quantitative estimate of drug-likeness (QED) is 0.636. The zero-order chi connectivity index (χ0) is 14.5. The molecule has 2 rings (SSSR count). The van der Waals surface area contributed by atoms with Gasteiger partial charge < -0.3 is 15.4 Å². The topological polar surface area (TPSA) is 89.3 Å². The van der Waals surface area contributed by atoms with E-state index in [2.05, 4.69) is 15.6 Å². The maximum atomic E-state index is 11.1. The molecule has 0 aliphatic carbocycles. The third-order valence-corrected chi connectivity index (χ3v) is 3.25. The van der Waals surface area contributed by atoms with Crippen molar-refractivity contribution in [2.45, 2.75) is 38.8 Å². The Hall–Kier alpha value is -1.89. The summed E-state index contributed by atoms with van der Waals surface area (Å²) in [5.74, 6) is 0.966. The van der Waals surface area contributed by atoms with Crippen molar-refractivity contribution in [1.29, 1.82) is 0 Å². The molecule has 1 fully saturated rings. The van der Waals surface area contributed by atoms with Gasteiger partial charge in [0.25, 0.3) is 0 Å².